The van der Waals surface area contributed by atoms with Crippen molar-refractivity contribution in [3.8, 4) is 6.07 Å². The fraction of sp³-hybridized carbons (Fsp3) is 0.571. The number of nitrogen functional groups attached to an aromatic ring is 1. The average Bonchev–Trinajstić information content (AvgIpc) is 2.46. The molecule has 0 aliphatic carbocycles. The van der Waals surface area contributed by atoms with Crippen LogP contribution in [0.3, 0.4) is 0 Å². The minimum absolute atomic E-state index is 0.0997. The number of hydrogen-bond acceptors (Lipinski definition) is 6. The summed E-state index contributed by atoms with van der Waals surface area (Å²) in [6.45, 7) is 3.95. The van der Waals surface area contributed by atoms with Crippen molar-refractivity contribution in [2.75, 3.05) is 24.1 Å². The molecule has 0 unspecified atom stereocenters. The van der Waals surface area contributed by atoms with Gasteiger partial charge in [0.25, 0.3) is 0 Å². The molecule has 7 heteroatoms. The number of anilines is 2. The molecule has 0 radical (unpaired) electrons. The fourth-order valence-electron chi connectivity index (χ4n) is 2.37. The molecule has 0 saturated heterocycles. The Hall–Kier alpha value is -2.36. The summed E-state index contributed by atoms with van der Waals surface area (Å²) in [6, 6.07) is 1.88. The van der Waals surface area contributed by atoms with Crippen LogP contribution in [0.4, 0.5) is 11.8 Å². The van der Waals surface area contributed by atoms with Gasteiger partial charge in [-0.05, 0) is 12.8 Å². The maximum absolute atomic E-state index is 11.8. The molecule has 1 aliphatic rings. The zero-order valence-electron chi connectivity index (χ0n) is 12.2. The highest BCUT2D eigenvalue weighted by molar-refractivity contribution is 5.78. The van der Waals surface area contributed by atoms with Gasteiger partial charge in [0.05, 0.1) is 18.3 Å². The summed E-state index contributed by atoms with van der Waals surface area (Å²) in [7, 11) is 0. The molecule has 0 aromatic carbocycles. The summed E-state index contributed by atoms with van der Waals surface area (Å²) in [5.41, 5.74) is 7.55. The van der Waals surface area contributed by atoms with E-state index < -0.39 is 0 Å². The highest BCUT2D eigenvalue weighted by Gasteiger charge is 2.24. The van der Waals surface area contributed by atoms with Crippen molar-refractivity contribution >= 4 is 17.7 Å². The molecule has 2 heterocycles. The number of amides is 1. The lowest BCUT2D eigenvalue weighted by Gasteiger charge is -2.28. The van der Waals surface area contributed by atoms with Crippen LogP contribution >= 0.6 is 0 Å². The Morgan fingerprint density at radius 3 is 3.05 bits per heavy atom. The molecule has 1 aromatic heterocycles. The van der Waals surface area contributed by atoms with E-state index in [0.29, 0.717) is 19.5 Å². The number of aromatic nitrogens is 2. The summed E-state index contributed by atoms with van der Waals surface area (Å²) in [6.07, 6.45) is 2.75. The van der Waals surface area contributed by atoms with Crippen molar-refractivity contribution in [1.82, 2.24) is 14.9 Å². The molecular formula is C14H20N6O. The number of nitrogens with one attached hydrogen (secondary N) is 1. The van der Waals surface area contributed by atoms with Gasteiger partial charge in [-0.15, -0.1) is 0 Å². The van der Waals surface area contributed by atoms with Gasteiger partial charge in [-0.1, -0.05) is 13.3 Å². The van der Waals surface area contributed by atoms with Gasteiger partial charge in [-0.2, -0.15) is 10.2 Å². The number of unbranched alkanes of at least 4 members (excludes halogenated alkanes) is 1. The van der Waals surface area contributed by atoms with E-state index >= 15 is 0 Å². The maximum atomic E-state index is 11.8. The quantitative estimate of drug-likeness (QED) is 0.785. The highest BCUT2D eigenvalue weighted by atomic mass is 16.2. The summed E-state index contributed by atoms with van der Waals surface area (Å²) >= 11 is 0. The van der Waals surface area contributed by atoms with Gasteiger partial charge in [0.15, 0.2) is 0 Å². The molecule has 0 bridgehead atoms. The smallest absolute Gasteiger partial charge is 0.237 e. The Morgan fingerprint density at radius 1 is 1.52 bits per heavy atom. The molecule has 0 atom stereocenters. The second kappa shape index (κ2) is 6.88. The predicted molar refractivity (Wildman–Crippen MR) is 79.2 cm³/mol. The second-order valence-electron chi connectivity index (χ2n) is 5.04. The van der Waals surface area contributed by atoms with Crippen molar-refractivity contribution in [3.63, 3.8) is 0 Å². The molecule has 2 rings (SSSR count). The van der Waals surface area contributed by atoms with Gasteiger partial charge in [0.2, 0.25) is 11.9 Å². The first kappa shape index (κ1) is 15.0. The Bertz CT molecular complexity index is 565. The minimum Gasteiger partial charge on any atom is -0.370 e. The number of carbonyl (C=O) groups is 1. The first-order valence-electron chi connectivity index (χ1n) is 7.19. The standard InChI is InChI=1S/C14H20N6O/c1-2-3-7-17-13-10-5-8-20(12(21)4-6-15)9-11(10)18-14(16)19-13/h2-5,7-9H2,1H3,(H3,16,17,18,19). The lowest BCUT2D eigenvalue weighted by molar-refractivity contribution is -0.131. The number of rotatable bonds is 5. The fourth-order valence-corrected chi connectivity index (χ4v) is 2.37. The second-order valence-corrected chi connectivity index (χ2v) is 5.04. The average molecular weight is 288 g/mol. The third-order valence-electron chi connectivity index (χ3n) is 3.49. The largest absolute Gasteiger partial charge is 0.370 e. The zero-order chi connectivity index (χ0) is 15.2. The van der Waals surface area contributed by atoms with E-state index in [9.17, 15) is 4.79 Å². The molecule has 21 heavy (non-hydrogen) atoms. The molecule has 1 amide bonds. The van der Waals surface area contributed by atoms with E-state index in [1.165, 1.54) is 0 Å². The van der Waals surface area contributed by atoms with Gasteiger partial charge >= 0.3 is 0 Å². The highest BCUT2D eigenvalue weighted by Crippen LogP contribution is 2.24. The van der Waals surface area contributed by atoms with E-state index in [4.69, 9.17) is 11.0 Å². The molecule has 1 aromatic rings. The van der Waals surface area contributed by atoms with Crippen LogP contribution in [0.2, 0.25) is 0 Å². The van der Waals surface area contributed by atoms with Crippen LogP contribution in [0.1, 0.15) is 37.4 Å². The molecule has 112 valence electrons. The van der Waals surface area contributed by atoms with Crippen LogP contribution in [0, 0.1) is 11.3 Å². The van der Waals surface area contributed by atoms with Crippen molar-refractivity contribution < 1.29 is 4.79 Å². The van der Waals surface area contributed by atoms with Crippen LogP contribution in [0.25, 0.3) is 0 Å². The van der Waals surface area contributed by atoms with Crippen molar-refractivity contribution in [3.05, 3.63) is 11.3 Å². The summed E-state index contributed by atoms with van der Waals surface area (Å²) in [5, 5.41) is 11.9. The topological polar surface area (TPSA) is 108 Å². The lowest BCUT2D eigenvalue weighted by atomic mass is 10.0. The van der Waals surface area contributed by atoms with Crippen LogP contribution in [0.5, 0.6) is 0 Å². The molecule has 0 saturated carbocycles. The monoisotopic (exact) mass is 288 g/mol. The SMILES string of the molecule is CCCCNc1nc(N)nc2c1CCN(C(=O)CC#N)C2. The van der Waals surface area contributed by atoms with E-state index in [2.05, 4.69) is 22.2 Å². The normalized spacial score (nSPS) is 13.4. The van der Waals surface area contributed by atoms with E-state index in [1.54, 1.807) is 4.90 Å². The summed E-state index contributed by atoms with van der Waals surface area (Å²) in [5.74, 6) is 0.821. The summed E-state index contributed by atoms with van der Waals surface area (Å²) in [4.78, 5) is 22.0. The maximum Gasteiger partial charge on any atom is 0.237 e. The molecule has 0 fully saturated rings. The Kier molecular flexibility index (Phi) is 4.93. The molecule has 7 nitrogen and oxygen atoms in total. The first-order chi connectivity index (χ1) is 10.2. The van der Waals surface area contributed by atoms with E-state index in [1.807, 2.05) is 6.07 Å². The van der Waals surface area contributed by atoms with Gasteiger partial charge in [-0.3, -0.25) is 4.79 Å². The number of nitrogens with two attached hydrogens (primary N) is 1. The molecule has 3 N–H and O–H groups in total. The number of carbonyl (C=O) groups excluding carboxylic acids is 1. The number of nitrogens with zero attached hydrogens (tertiary/aromatic N) is 4. The number of fused-ring (bicyclic) bond motifs is 1. The molecule has 1 aliphatic heterocycles. The Morgan fingerprint density at radius 2 is 2.33 bits per heavy atom. The van der Waals surface area contributed by atoms with Gasteiger partial charge in [0.1, 0.15) is 12.2 Å². The molecule has 0 spiro atoms. The summed E-state index contributed by atoms with van der Waals surface area (Å²) < 4.78 is 0. The third kappa shape index (κ3) is 3.60. The van der Waals surface area contributed by atoms with Crippen molar-refractivity contribution in [2.24, 2.45) is 0 Å². The van der Waals surface area contributed by atoms with Crippen LogP contribution in [-0.2, 0) is 17.8 Å². The van der Waals surface area contributed by atoms with Gasteiger partial charge < -0.3 is 16.0 Å². The first-order valence-corrected chi connectivity index (χ1v) is 7.19. The Labute approximate surface area is 124 Å². The van der Waals surface area contributed by atoms with Gasteiger partial charge in [0, 0.05) is 18.7 Å². The third-order valence-corrected chi connectivity index (χ3v) is 3.49. The number of hydrogen-bond donors (Lipinski definition) is 2. The van der Waals surface area contributed by atoms with E-state index in [-0.39, 0.29) is 18.3 Å². The van der Waals surface area contributed by atoms with Gasteiger partial charge in [-0.25, -0.2) is 4.98 Å². The Balaban J connectivity index is 2.16. The van der Waals surface area contributed by atoms with E-state index in [0.717, 1.165) is 36.5 Å². The zero-order valence-corrected chi connectivity index (χ0v) is 12.2. The lowest BCUT2D eigenvalue weighted by Crippen LogP contribution is -2.36. The molecular weight excluding hydrogens is 268 g/mol. The van der Waals surface area contributed by atoms with Crippen LogP contribution in [-0.4, -0.2) is 33.9 Å². The van der Waals surface area contributed by atoms with Crippen LogP contribution < -0.4 is 11.1 Å². The predicted octanol–water partition coefficient (Wildman–Crippen LogP) is 1.07. The minimum atomic E-state index is -0.166. The van der Waals surface area contributed by atoms with Crippen LogP contribution in [0.15, 0.2) is 0 Å². The van der Waals surface area contributed by atoms with Crippen molar-refractivity contribution in [2.45, 2.75) is 39.2 Å². The van der Waals surface area contributed by atoms with Crippen molar-refractivity contribution in [1.29, 1.82) is 5.26 Å². The number of nitriles is 1.